The molecule has 2 aromatic carbocycles. The van der Waals surface area contributed by atoms with E-state index in [1.165, 1.54) is 13.1 Å². The molecule has 0 saturated carbocycles. The molecule has 21 heavy (non-hydrogen) atoms. The van der Waals surface area contributed by atoms with Gasteiger partial charge in [0, 0.05) is 35.5 Å². The molecule has 0 saturated heterocycles. The maximum absolute atomic E-state index is 12.1. The third-order valence-corrected chi connectivity index (χ3v) is 3.09. The molecule has 2 rings (SSSR count). The van der Waals surface area contributed by atoms with Crippen molar-refractivity contribution in [3.63, 3.8) is 0 Å². The van der Waals surface area contributed by atoms with Crippen molar-refractivity contribution in [1.82, 2.24) is 0 Å². The molecule has 0 radical (unpaired) electrons. The Morgan fingerprint density at radius 2 is 1.76 bits per heavy atom. The van der Waals surface area contributed by atoms with E-state index in [0.717, 1.165) is 22.5 Å². The summed E-state index contributed by atoms with van der Waals surface area (Å²) in [5.74, 6) is -0.0120. The Hall–Kier alpha value is -2.62. The fraction of sp³-hybridized carbons (Fsp3) is 0.176. The van der Waals surface area contributed by atoms with Gasteiger partial charge in [0.15, 0.2) is 12.0 Å². The number of rotatable bonds is 5. The molecule has 0 amide bonds. The highest BCUT2D eigenvalue weighted by Crippen LogP contribution is 2.14. The second kappa shape index (κ2) is 6.70. The van der Waals surface area contributed by atoms with Gasteiger partial charge in [0.05, 0.1) is 0 Å². The van der Waals surface area contributed by atoms with Crippen molar-refractivity contribution in [2.75, 3.05) is 11.9 Å². The van der Waals surface area contributed by atoms with E-state index in [9.17, 15) is 10.0 Å². The Labute approximate surface area is 124 Å². The molecule has 0 aliphatic carbocycles. The first kappa shape index (κ1) is 14.8. The molecule has 0 heterocycles. The standard InChI is InChI=1S/C17H18N2O2/c1-3-18-16-8-4-14(5-9-16)12-19(21)17-10-6-15(7-11-17)13(2)20/h4-12,18H,3H2,1-2H3. The van der Waals surface area contributed by atoms with Crippen molar-refractivity contribution in [2.24, 2.45) is 0 Å². The Morgan fingerprint density at radius 1 is 1.14 bits per heavy atom. The summed E-state index contributed by atoms with van der Waals surface area (Å²) in [6.07, 6.45) is 1.51. The monoisotopic (exact) mass is 282 g/mol. The Bertz CT molecular complexity index is 643. The first-order valence-electron chi connectivity index (χ1n) is 6.86. The van der Waals surface area contributed by atoms with Crippen molar-refractivity contribution in [1.29, 1.82) is 0 Å². The molecule has 4 nitrogen and oxygen atoms in total. The summed E-state index contributed by atoms with van der Waals surface area (Å²) >= 11 is 0. The highest BCUT2D eigenvalue weighted by Gasteiger charge is 2.04. The lowest BCUT2D eigenvalue weighted by molar-refractivity contribution is -0.354. The second-order valence-corrected chi connectivity index (χ2v) is 4.71. The van der Waals surface area contributed by atoms with Crippen LogP contribution in [-0.4, -0.2) is 23.3 Å². The second-order valence-electron chi connectivity index (χ2n) is 4.71. The van der Waals surface area contributed by atoms with E-state index in [1.807, 2.05) is 31.2 Å². The molecule has 108 valence electrons. The summed E-state index contributed by atoms with van der Waals surface area (Å²) in [4.78, 5) is 11.2. The van der Waals surface area contributed by atoms with E-state index in [2.05, 4.69) is 5.32 Å². The zero-order chi connectivity index (χ0) is 15.2. The van der Waals surface area contributed by atoms with Crippen LogP contribution in [0.25, 0.3) is 0 Å². The van der Waals surface area contributed by atoms with Gasteiger partial charge in [-0.1, -0.05) is 0 Å². The average Bonchev–Trinajstić information content (AvgIpc) is 2.49. The average molecular weight is 282 g/mol. The minimum absolute atomic E-state index is 0.0120. The van der Waals surface area contributed by atoms with Crippen LogP contribution in [0.2, 0.25) is 0 Å². The number of carbonyl (C=O) groups is 1. The van der Waals surface area contributed by atoms with Crippen LogP contribution in [0.15, 0.2) is 48.5 Å². The molecule has 0 spiro atoms. The molecule has 0 aromatic heterocycles. The maximum Gasteiger partial charge on any atom is 0.216 e. The smallest absolute Gasteiger partial charge is 0.216 e. The molecule has 0 atom stereocenters. The summed E-state index contributed by atoms with van der Waals surface area (Å²) in [5.41, 5.74) is 2.94. The molecular formula is C17H18N2O2. The number of Topliss-reactive ketones (excluding diaryl/α,β-unsaturated/α-hetero) is 1. The van der Waals surface area contributed by atoms with Crippen LogP contribution < -0.4 is 5.32 Å². The molecule has 0 aliphatic rings. The lowest BCUT2D eigenvalue weighted by Crippen LogP contribution is -2.00. The van der Waals surface area contributed by atoms with E-state index in [4.69, 9.17) is 0 Å². The zero-order valence-corrected chi connectivity index (χ0v) is 12.2. The lowest BCUT2D eigenvalue weighted by Gasteiger charge is -2.05. The van der Waals surface area contributed by atoms with Crippen molar-refractivity contribution in [3.05, 3.63) is 64.9 Å². The van der Waals surface area contributed by atoms with Gasteiger partial charge >= 0.3 is 0 Å². The first-order valence-corrected chi connectivity index (χ1v) is 6.86. The van der Waals surface area contributed by atoms with E-state index >= 15 is 0 Å². The molecular weight excluding hydrogens is 264 g/mol. The Morgan fingerprint density at radius 3 is 2.29 bits per heavy atom. The summed E-state index contributed by atoms with van der Waals surface area (Å²) in [6, 6.07) is 14.2. The first-order chi connectivity index (χ1) is 10.1. The molecule has 0 aliphatic heterocycles. The molecule has 1 N–H and O–H groups in total. The van der Waals surface area contributed by atoms with Crippen molar-refractivity contribution < 1.29 is 9.53 Å². The highest BCUT2D eigenvalue weighted by atomic mass is 16.5. The minimum Gasteiger partial charge on any atom is -0.618 e. The molecule has 0 fully saturated rings. The SMILES string of the molecule is CCNc1ccc(C=[N+]([O-])c2ccc(C(C)=O)cc2)cc1. The summed E-state index contributed by atoms with van der Waals surface area (Å²) < 4.78 is 0.798. The van der Waals surface area contributed by atoms with Crippen LogP contribution in [0.4, 0.5) is 11.4 Å². The summed E-state index contributed by atoms with van der Waals surface area (Å²) in [7, 11) is 0. The van der Waals surface area contributed by atoms with Crippen molar-refractivity contribution >= 4 is 23.4 Å². The molecule has 2 aromatic rings. The number of hydrogen-bond acceptors (Lipinski definition) is 3. The lowest BCUT2D eigenvalue weighted by atomic mass is 10.1. The fourth-order valence-electron chi connectivity index (χ4n) is 1.94. The Kier molecular flexibility index (Phi) is 4.72. The number of anilines is 1. The number of nitrogens with one attached hydrogen (secondary N) is 1. The van der Waals surface area contributed by atoms with E-state index in [-0.39, 0.29) is 5.78 Å². The minimum atomic E-state index is -0.0120. The van der Waals surface area contributed by atoms with E-state index in [0.29, 0.717) is 11.3 Å². The third-order valence-electron chi connectivity index (χ3n) is 3.09. The largest absolute Gasteiger partial charge is 0.618 e. The summed E-state index contributed by atoms with van der Waals surface area (Å²) in [5, 5.41) is 15.3. The number of nitrogens with zero attached hydrogens (tertiary/aromatic N) is 1. The van der Waals surface area contributed by atoms with Gasteiger partial charge in [-0.15, -0.1) is 0 Å². The number of carbonyl (C=O) groups excluding carboxylic acids is 1. The highest BCUT2D eigenvalue weighted by molar-refractivity contribution is 5.94. The van der Waals surface area contributed by atoms with Crippen LogP contribution in [0.1, 0.15) is 29.8 Å². The van der Waals surface area contributed by atoms with Crippen LogP contribution in [0.5, 0.6) is 0 Å². The van der Waals surface area contributed by atoms with Crippen molar-refractivity contribution in [3.8, 4) is 0 Å². The fourth-order valence-corrected chi connectivity index (χ4v) is 1.94. The Balaban J connectivity index is 2.17. The van der Waals surface area contributed by atoms with Gasteiger partial charge in [-0.05, 0) is 50.2 Å². The van der Waals surface area contributed by atoms with Crippen LogP contribution in [0.3, 0.4) is 0 Å². The predicted octanol–water partition coefficient (Wildman–Crippen LogP) is 3.58. The van der Waals surface area contributed by atoms with E-state index in [1.54, 1.807) is 24.3 Å². The summed E-state index contributed by atoms with van der Waals surface area (Å²) in [6.45, 7) is 4.39. The molecule has 4 heteroatoms. The van der Waals surface area contributed by atoms with Gasteiger partial charge in [0.25, 0.3) is 0 Å². The number of hydrogen-bond donors (Lipinski definition) is 1. The molecule has 0 unspecified atom stereocenters. The van der Waals surface area contributed by atoms with Crippen LogP contribution >= 0.6 is 0 Å². The number of ketones is 1. The van der Waals surface area contributed by atoms with Crippen molar-refractivity contribution in [2.45, 2.75) is 13.8 Å². The van der Waals surface area contributed by atoms with E-state index < -0.39 is 0 Å². The van der Waals surface area contributed by atoms with Gasteiger partial charge in [-0.2, -0.15) is 4.74 Å². The maximum atomic E-state index is 12.1. The third kappa shape index (κ3) is 3.92. The van der Waals surface area contributed by atoms with Gasteiger partial charge in [-0.25, -0.2) is 0 Å². The number of benzene rings is 2. The van der Waals surface area contributed by atoms with Crippen LogP contribution in [-0.2, 0) is 0 Å². The van der Waals surface area contributed by atoms with Gasteiger partial charge in [0.2, 0.25) is 5.69 Å². The normalized spacial score (nSPS) is 11.2. The van der Waals surface area contributed by atoms with Crippen LogP contribution in [0, 0.1) is 5.21 Å². The quantitative estimate of drug-likeness (QED) is 0.300. The molecule has 0 bridgehead atoms. The van der Waals surface area contributed by atoms with Gasteiger partial charge < -0.3 is 10.5 Å². The zero-order valence-electron chi connectivity index (χ0n) is 12.2. The topological polar surface area (TPSA) is 55.2 Å². The van der Waals surface area contributed by atoms with Gasteiger partial charge in [0.1, 0.15) is 0 Å². The van der Waals surface area contributed by atoms with Gasteiger partial charge in [-0.3, -0.25) is 4.79 Å². The predicted molar refractivity (Wildman–Crippen MR) is 85.5 cm³/mol.